The molecule has 1 fully saturated rings. The zero-order valence-corrected chi connectivity index (χ0v) is 33.0. The number of nitrogens with one attached hydrogen (secondary N) is 1. The summed E-state index contributed by atoms with van der Waals surface area (Å²) in [7, 11) is 0.936. The Balaban J connectivity index is 1.19. The summed E-state index contributed by atoms with van der Waals surface area (Å²) in [5.41, 5.74) is 7.54. The molecule has 6 rings (SSSR count). The van der Waals surface area contributed by atoms with Crippen LogP contribution in [0, 0.1) is 6.92 Å². The van der Waals surface area contributed by atoms with Crippen LogP contribution in [0.15, 0.2) is 83.5 Å². The van der Waals surface area contributed by atoms with Gasteiger partial charge in [0.2, 0.25) is 0 Å². The molecule has 2 aliphatic rings. The zero-order chi connectivity index (χ0) is 37.9. The Kier molecular flexibility index (Phi) is 14.1. The number of nitrogens with zero attached hydrogens (tertiary/aromatic N) is 4. The van der Waals surface area contributed by atoms with E-state index in [2.05, 4.69) is 77.4 Å². The normalized spacial score (nSPS) is 17.9. The minimum absolute atomic E-state index is 0.128. The first-order valence-corrected chi connectivity index (χ1v) is 20.6. The van der Waals surface area contributed by atoms with Crippen molar-refractivity contribution >= 4 is 34.2 Å². The summed E-state index contributed by atoms with van der Waals surface area (Å²) in [5, 5.41) is 3.12. The number of morpholine rings is 1. The van der Waals surface area contributed by atoms with Crippen LogP contribution < -0.4 is 15.0 Å². The first kappa shape index (κ1) is 39.4. The molecule has 2 atom stereocenters. The zero-order valence-electron chi connectivity index (χ0n) is 32.2. The van der Waals surface area contributed by atoms with E-state index in [0.717, 1.165) is 104 Å². The summed E-state index contributed by atoms with van der Waals surface area (Å²) in [6.07, 6.45) is 7.52. The summed E-state index contributed by atoms with van der Waals surface area (Å²) >= 11 is 0. The number of carbonyl (C=O) groups is 1. The van der Waals surface area contributed by atoms with Gasteiger partial charge in [-0.1, -0.05) is 31.5 Å². The lowest BCUT2D eigenvalue weighted by molar-refractivity contribution is -0.112. The molecule has 1 amide bonds. The van der Waals surface area contributed by atoms with Gasteiger partial charge in [0.1, 0.15) is 12.4 Å². The van der Waals surface area contributed by atoms with E-state index < -0.39 is 10.8 Å². The monoisotopic (exact) mass is 753 g/mol. The number of unbranched alkanes of at least 4 members (excludes halogenated alkanes) is 1. The summed E-state index contributed by atoms with van der Waals surface area (Å²) < 4.78 is 32.7. The Morgan fingerprint density at radius 3 is 2.56 bits per heavy atom. The summed E-state index contributed by atoms with van der Waals surface area (Å²) in [4.78, 5) is 23.8. The quantitative estimate of drug-likeness (QED) is 0.119. The lowest BCUT2D eigenvalue weighted by Crippen LogP contribution is -2.49. The summed E-state index contributed by atoms with van der Waals surface area (Å²) in [6, 6.07) is 22.3. The number of carbonyl (C=O) groups excluding carboxylic acids is 1. The molecule has 54 heavy (non-hydrogen) atoms. The van der Waals surface area contributed by atoms with E-state index in [9.17, 15) is 9.00 Å². The molecule has 0 radical (unpaired) electrons. The Morgan fingerprint density at radius 2 is 1.80 bits per heavy atom. The first-order chi connectivity index (χ1) is 26.3. The number of aryl methyl sites for hydroxylation is 2. The van der Waals surface area contributed by atoms with Gasteiger partial charge in [0.25, 0.3) is 5.91 Å². The number of ether oxygens (including phenoxy) is 3. The van der Waals surface area contributed by atoms with Gasteiger partial charge in [0.05, 0.1) is 60.1 Å². The molecule has 2 unspecified atom stereocenters. The molecule has 1 N–H and O–H groups in total. The number of hydrogen-bond donors (Lipinski definition) is 1. The van der Waals surface area contributed by atoms with Crippen LogP contribution in [0.25, 0.3) is 17.2 Å². The predicted molar refractivity (Wildman–Crippen MR) is 218 cm³/mol. The topological polar surface area (TPSA) is 98.2 Å². The maximum atomic E-state index is 13.9. The third-order valence-corrected chi connectivity index (χ3v) is 11.6. The average molecular weight is 754 g/mol. The van der Waals surface area contributed by atoms with Gasteiger partial charge in [-0.05, 0) is 111 Å². The number of aromatic nitrogens is 2. The molecule has 11 heteroatoms. The first-order valence-electron chi connectivity index (χ1n) is 19.3. The van der Waals surface area contributed by atoms with E-state index in [1.807, 2.05) is 47.9 Å². The van der Waals surface area contributed by atoms with E-state index in [1.165, 1.54) is 0 Å². The molecule has 2 aliphatic heterocycles. The van der Waals surface area contributed by atoms with Gasteiger partial charge in [-0.25, -0.2) is 4.98 Å². The molecular weight excluding hydrogens is 699 g/mol. The van der Waals surface area contributed by atoms with E-state index >= 15 is 0 Å². The molecule has 4 aromatic rings. The van der Waals surface area contributed by atoms with E-state index in [-0.39, 0.29) is 11.9 Å². The minimum atomic E-state index is -1.23. The highest BCUT2D eigenvalue weighted by Gasteiger charge is 2.25. The molecule has 0 aliphatic carbocycles. The molecule has 3 aromatic carbocycles. The van der Waals surface area contributed by atoms with Crippen molar-refractivity contribution in [3.05, 3.63) is 95.6 Å². The molecular formula is C43H55N5O5S. The van der Waals surface area contributed by atoms with Gasteiger partial charge in [-0.2, -0.15) is 0 Å². The standard InChI is InChI=1S/C43H55N5O5S/c1-5-7-22-51-24-25-53-39-15-10-33(11-16-39)34-12-19-41-36(26-34)27-35(9-8-20-48(41)28-38-29-52-23-21-46(38)4)43(49)45-37-13-17-40(18-14-37)54(50)30-42-32(3)44-31-47(42)6-2/h10-19,26-27,31,38H,5-9,20-25,28-30H2,1-4H3,(H,45,49)/b35-27+. The SMILES string of the molecule is CCCCOCCOc1ccc(-c2ccc3c(c2)/C=C(/C(=O)Nc2ccc(S(=O)Cc4c(C)ncn4CC)cc2)CCCN3CC2COCCN2C)cc1. The molecule has 288 valence electrons. The second kappa shape index (κ2) is 19.3. The molecule has 10 nitrogen and oxygen atoms in total. The van der Waals surface area contributed by atoms with Crippen molar-refractivity contribution in [2.45, 2.75) is 69.7 Å². The lowest BCUT2D eigenvalue weighted by Gasteiger charge is -2.38. The molecule has 0 spiro atoms. The highest BCUT2D eigenvalue weighted by Crippen LogP contribution is 2.33. The van der Waals surface area contributed by atoms with Crippen LogP contribution in [-0.2, 0) is 37.4 Å². The van der Waals surface area contributed by atoms with Crippen molar-refractivity contribution in [1.29, 1.82) is 0 Å². The number of imidazole rings is 1. The second-order valence-corrected chi connectivity index (χ2v) is 15.5. The fraction of sp³-hybridized carbons (Fsp3) is 0.442. The van der Waals surface area contributed by atoms with Gasteiger partial charge in [0, 0.05) is 54.6 Å². The van der Waals surface area contributed by atoms with Crippen molar-refractivity contribution in [1.82, 2.24) is 14.5 Å². The fourth-order valence-electron chi connectivity index (χ4n) is 6.92. The second-order valence-electron chi connectivity index (χ2n) is 14.1. The van der Waals surface area contributed by atoms with E-state index in [1.54, 1.807) is 6.33 Å². The molecule has 0 saturated carbocycles. The van der Waals surface area contributed by atoms with Crippen LogP contribution in [0.5, 0.6) is 5.75 Å². The summed E-state index contributed by atoms with van der Waals surface area (Å²) in [5.74, 6) is 1.08. The number of likely N-dealkylation sites (N-methyl/N-ethyl adjacent to an activating group) is 1. The van der Waals surface area contributed by atoms with Crippen molar-refractivity contribution in [2.24, 2.45) is 0 Å². The largest absolute Gasteiger partial charge is 0.491 e. The average Bonchev–Trinajstić information content (AvgIpc) is 3.53. The van der Waals surface area contributed by atoms with Gasteiger partial charge >= 0.3 is 0 Å². The fourth-order valence-corrected chi connectivity index (χ4v) is 8.15. The van der Waals surface area contributed by atoms with Crippen LogP contribution in [0.2, 0.25) is 0 Å². The molecule has 1 saturated heterocycles. The number of hydrogen-bond acceptors (Lipinski definition) is 8. The van der Waals surface area contributed by atoms with Gasteiger partial charge in [-0.3, -0.25) is 13.9 Å². The molecule has 3 heterocycles. The predicted octanol–water partition coefficient (Wildman–Crippen LogP) is 7.33. The van der Waals surface area contributed by atoms with Crippen LogP contribution in [0.3, 0.4) is 0 Å². The Hall–Kier alpha value is -4.29. The maximum absolute atomic E-state index is 13.9. The van der Waals surface area contributed by atoms with Crippen molar-refractivity contribution < 1.29 is 23.2 Å². The highest BCUT2D eigenvalue weighted by molar-refractivity contribution is 7.84. The summed E-state index contributed by atoms with van der Waals surface area (Å²) in [6.45, 7) is 12.9. The number of benzene rings is 3. The Morgan fingerprint density at radius 1 is 1.00 bits per heavy atom. The van der Waals surface area contributed by atoms with Crippen molar-refractivity contribution in [2.75, 3.05) is 69.9 Å². The highest BCUT2D eigenvalue weighted by atomic mass is 32.2. The number of amides is 1. The van der Waals surface area contributed by atoms with Crippen LogP contribution >= 0.6 is 0 Å². The molecule has 1 aromatic heterocycles. The van der Waals surface area contributed by atoms with Gasteiger partial charge in [-0.15, -0.1) is 0 Å². The lowest BCUT2D eigenvalue weighted by atomic mass is 9.96. The van der Waals surface area contributed by atoms with Crippen molar-refractivity contribution in [3.63, 3.8) is 0 Å². The van der Waals surface area contributed by atoms with Crippen LogP contribution in [0.1, 0.15) is 56.5 Å². The maximum Gasteiger partial charge on any atom is 0.251 e. The number of rotatable bonds is 16. The van der Waals surface area contributed by atoms with Gasteiger partial charge < -0.3 is 29.0 Å². The van der Waals surface area contributed by atoms with Crippen LogP contribution in [-0.4, -0.2) is 90.3 Å². The van der Waals surface area contributed by atoms with Gasteiger partial charge in [0.15, 0.2) is 0 Å². The number of fused-ring (bicyclic) bond motifs is 1. The minimum Gasteiger partial charge on any atom is -0.491 e. The smallest absolute Gasteiger partial charge is 0.251 e. The Labute approximate surface area is 323 Å². The number of anilines is 2. The third-order valence-electron chi connectivity index (χ3n) is 10.3. The molecule has 0 bridgehead atoms. The van der Waals surface area contributed by atoms with E-state index in [0.29, 0.717) is 42.6 Å². The third kappa shape index (κ3) is 10.3. The van der Waals surface area contributed by atoms with Crippen molar-refractivity contribution in [3.8, 4) is 16.9 Å². The Bertz CT molecular complexity index is 1890. The van der Waals surface area contributed by atoms with E-state index in [4.69, 9.17) is 14.2 Å². The van der Waals surface area contributed by atoms with Crippen LogP contribution in [0.4, 0.5) is 11.4 Å².